The fourth-order valence-corrected chi connectivity index (χ4v) is 3.78. The summed E-state index contributed by atoms with van der Waals surface area (Å²) >= 11 is 3.46. The van der Waals surface area contributed by atoms with Crippen LogP contribution in [-0.4, -0.2) is 37.0 Å². The molecule has 1 N–H and O–H groups in total. The van der Waals surface area contributed by atoms with E-state index in [9.17, 15) is 4.79 Å². The maximum Gasteiger partial charge on any atom is 0.254 e. The summed E-state index contributed by atoms with van der Waals surface area (Å²) in [4.78, 5) is 14.8. The molecule has 20 heavy (non-hydrogen) atoms. The fraction of sp³-hybridized carbons (Fsp3) is 0.562. The molecule has 1 amide bonds. The Balaban J connectivity index is 1.75. The number of nitrogens with zero attached hydrogens (tertiary/aromatic N) is 1. The van der Waals surface area contributed by atoms with Gasteiger partial charge in [-0.25, -0.2) is 0 Å². The summed E-state index contributed by atoms with van der Waals surface area (Å²) in [6, 6.07) is 5.95. The van der Waals surface area contributed by atoms with E-state index in [0.29, 0.717) is 0 Å². The van der Waals surface area contributed by atoms with Crippen molar-refractivity contribution >= 4 is 21.8 Å². The minimum Gasteiger partial charge on any atom is -0.339 e. The quantitative estimate of drug-likeness (QED) is 0.855. The van der Waals surface area contributed by atoms with E-state index < -0.39 is 0 Å². The molecule has 0 aliphatic carbocycles. The van der Waals surface area contributed by atoms with Gasteiger partial charge in [0.05, 0.1) is 0 Å². The van der Waals surface area contributed by atoms with Gasteiger partial charge in [0.1, 0.15) is 0 Å². The van der Waals surface area contributed by atoms with Gasteiger partial charge in [0.15, 0.2) is 0 Å². The molecule has 2 atom stereocenters. The Labute approximate surface area is 128 Å². The van der Waals surface area contributed by atoms with E-state index in [1.807, 2.05) is 30.0 Å². The molecule has 3 nitrogen and oxygen atoms in total. The van der Waals surface area contributed by atoms with E-state index in [1.165, 1.54) is 0 Å². The lowest BCUT2D eigenvalue weighted by Gasteiger charge is -2.22. The predicted molar refractivity (Wildman–Crippen MR) is 83.9 cm³/mol. The van der Waals surface area contributed by atoms with Gasteiger partial charge >= 0.3 is 0 Å². The molecule has 3 rings (SSSR count). The maximum atomic E-state index is 12.7. The third-order valence-corrected chi connectivity index (χ3v) is 5.23. The highest BCUT2D eigenvalue weighted by atomic mass is 79.9. The number of benzene rings is 1. The molecule has 0 unspecified atom stereocenters. The number of hydrogen-bond acceptors (Lipinski definition) is 2. The molecule has 0 aromatic heterocycles. The van der Waals surface area contributed by atoms with Gasteiger partial charge in [-0.05, 0) is 62.4 Å². The van der Waals surface area contributed by atoms with Crippen molar-refractivity contribution in [2.24, 2.45) is 11.8 Å². The summed E-state index contributed by atoms with van der Waals surface area (Å²) in [5.41, 5.74) is 1.90. The standard InChI is InChI=1S/C16H21BrN2O/c1-11-2-3-14(17)8-15(11)16(20)19-6-4-12-9-18-10-13(12)5-7-19/h2-3,8,12-13,18H,4-7,9-10H2,1H3/t12-,13+. The van der Waals surface area contributed by atoms with Crippen molar-refractivity contribution in [2.75, 3.05) is 26.2 Å². The van der Waals surface area contributed by atoms with Crippen molar-refractivity contribution < 1.29 is 4.79 Å². The van der Waals surface area contributed by atoms with Gasteiger partial charge in [-0.1, -0.05) is 22.0 Å². The molecule has 2 aliphatic heterocycles. The second-order valence-electron chi connectivity index (χ2n) is 6.01. The maximum absolute atomic E-state index is 12.7. The highest BCUT2D eigenvalue weighted by molar-refractivity contribution is 9.10. The molecule has 1 aromatic rings. The smallest absolute Gasteiger partial charge is 0.254 e. The molecule has 0 spiro atoms. The fourth-order valence-electron chi connectivity index (χ4n) is 3.42. The zero-order chi connectivity index (χ0) is 14.1. The molecular weight excluding hydrogens is 316 g/mol. The molecular formula is C16H21BrN2O. The Hall–Kier alpha value is -0.870. The van der Waals surface area contributed by atoms with E-state index in [0.717, 1.165) is 66.5 Å². The van der Waals surface area contributed by atoms with Crippen LogP contribution in [0.1, 0.15) is 28.8 Å². The largest absolute Gasteiger partial charge is 0.339 e. The highest BCUT2D eigenvalue weighted by Gasteiger charge is 2.31. The third-order valence-electron chi connectivity index (χ3n) is 4.74. The second-order valence-corrected chi connectivity index (χ2v) is 6.92. The number of nitrogens with one attached hydrogen (secondary N) is 1. The predicted octanol–water partition coefficient (Wildman–Crippen LogP) is 2.83. The van der Waals surface area contributed by atoms with Crippen LogP contribution in [0, 0.1) is 18.8 Å². The summed E-state index contributed by atoms with van der Waals surface area (Å²) in [5.74, 6) is 1.71. The SMILES string of the molecule is Cc1ccc(Br)cc1C(=O)N1CC[C@@H]2CNC[C@@H]2CC1. The van der Waals surface area contributed by atoms with Crippen LogP contribution in [0.15, 0.2) is 22.7 Å². The number of halogens is 1. The number of rotatable bonds is 1. The van der Waals surface area contributed by atoms with Crippen molar-refractivity contribution in [2.45, 2.75) is 19.8 Å². The summed E-state index contributed by atoms with van der Waals surface area (Å²) in [7, 11) is 0. The molecule has 2 heterocycles. The highest BCUT2D eigenvalue weighted by Crippen LogP contribution is 2.28. The van der Waals surface area contributed by atoms with E-state index in [1.54, 1.807) is 0 Å². The number of hydrogen-bond donors (Lipinski definition) is 1. The van der Waals surface area contributed by atoms with Crippen molar-refractivity contribution in [1.29, 1.82) is 0 Å². The number of amides is 1. The summed E-state index contributed by atoms with van der Waals surface area (Å²) in [6.45, 7) is 6.06. The lowest BCUT2D eigenvalue weighted by molar-refractivity contribution is 0.0757. The van der Waals surface area contributed by atoms with Crippen molar-refractivity contribution in [3.8, 4) is 0 Å². The van der Waals surface area contributed by atoms with E-state index in [-0.39, 0.29) is 5.91 Å². The average molecular weight is 337 g/mol. The first kappa shape index (κ1) is 14.1. The topological polar surface area (TPSA) is 32.3 Å². The van der Waals surface area contributed by atoms with Gasteiger partial charge in [0.25, 0.3) is 5.91 Å². The Bertz CT molecular complexity index is 503. The van der Waals surface area contributed by atoms with Crippen LogP contribution in [0.2, 0.25) is 0 Å². The van der Waals surface area contributed by atoms with Crippen molar-refractivity contribution in [3.05, 3.63) is 33.8 Å². The van der Waals surface area contributed by atoms with E-state index in [2.05, 4.69) is 21.2 Å². The van der Waals surface area contributed by atoms with Gasteiger partial charge in [-0.3, -0.25) is 4.79 Å². The molecule has 2 aliphatic rings. The first-order valence-electron chi connectivity index (χ1n) is 7.41. The summed E-state index contributed by atoms with van der Waals surface area (Å²) in [5, 5.41) is 3.47. The van der Waals surface area contributed by atoms with Crippen LogP contribution in [0.5, 0.6) is 0 Å². The first-order valence-corrected chi connectivity index (χ1v) is 8.20. The van der Waals surface area contributed by atoms with Gasteiger partial charge in [0, 0.05) is 23.1 Å². The second kappa shape index (κ2) is 5.86. The Morgan fingerprint density at radius 2 is 1.90 bits per heavy atom. The Morgan fingerprint density at radius 3 is 2.55 bits per heavy atom. The molecule has 108 valence electrons. The van der Waals surface area contributed by atoms with E-state index >= 15 is 0 Å². The van der Waals surface area contributed by atoms with Crippen LogP contribution >= 0.6 is 15.9 Å². The van der Waals surface area contributed by atoms with Gasteiger partial charge in [-0.2, -0.15) is 0 Å². The number of fused-ring (bicyclic) bond motifs is 1. The zero-order valence-corrected chi connectivity index (χ0v) is 13.4. The van der Waals surface area contributed by atoms with Gasteiger partial charge in [-0.15, -0.1) is 0 Å². The molecule has 0 radical (unpaired) electrons. The monoisotopic (exact) mass is 336 g/mol. The van der Waals surface area contributed by atoms with Gasteiger partial charge < -0.3 is 10.2 Å². The zero-order valence-electron chi connectivity index (χ0n) is 11.9. The van der Waals surface area contributed by atoms with Crippen molar-refractivity contribution in [1.82, 2.24) is 10.2 Å². The van der Waals surface area contributed by atoms with Gasteiger partial charge in [0.2, 0.25) is 0 Å². The van der Waals surface area contributed by atoms with Crippen LogP contribution < -0.4 is 5.32 Å². The normalized spacial score (nSPS) is 26.2. The summed E-state index contributed by atoms with van der Waals surface area (Å²) < 4.78 is 0.974. The Morgan fingerprint density at radius 1 is 1.25 bits per heavy atom. The molecule has 1 aromatic carbocycles. The average Bonchev–Trinajstić information content (AvgIpc) is 2.80. The van der Waals surface area contributed by atoms with E-state index in [4.69, 9.17) is 0 Å². The van der Waals surface area contributed by atoms with Crippen LogP contribution in [0.25, 0.3) is 0 Å². The van der Waals surface area contributed by atoms with Crippen LogP contribution in [-0.2, 0) is 0 Å². The number of aryl methyl sites for hydroxylation is 1. The summed E-state index contributed by atoms with van der Waals surface area (Å²) in [6.07, 6.45) is 2.27. The van der Waals surface area contributed by atoms with Crippen molar-refractivity contribution in [3.63, 3.8) is 0 Å². The molecule has 4 heteroatoms. The van der Waals surface area contributed by atoms with Crippen LogP contribution in [0.4, 0.5) is 0 Å². The number of carbonyl (C=O) groups is 1. The third kappa shape index (κ3) is 2.77. The number of likely N-dealkylation sites (tertiary alicyclic amines) is 1. The molecule has 0 saturated carbocycles. The first-order chi connectivity index (χ1) is 9.65. The minimum absolute atomic E-state index is 0.191. The lowest BCUT2D eigenvalue weighted by atomic mass is 9.92. The minimum atomic E-state index is 0.191. The Kier molecular flexibility index (Phi) is 4.13. The molecule has 2 fully saturated rings. The number of carbonyl (C=O) groups excluding carboxylic acids is 1. The lowest BCUT2D eigenvalue weighted by Crippen LogP contribution is -2.33. The van der Waals surface area contributed by atoms with Crippen LogP contribution in [0.3, 0.4) is 0 Å². The molecule has 0 bridgehead atoms. The molecule has 2 saturated heterocycles.